The average molecular weight is 274 g/mol. The summed E-state index contributed by atoms with van der Waals surface area (Å²) in [5, 5.41) is 7.44. The van der Waals surface area contributed by atoms with Crippen LogP contribution in [0.5, 0.6) is 0 Å². The minimum atomic E-state index is 0.641. The van der Waals surface area contributed by atoms with Crippen LogP contribution in [0.2, 0.25) is 0 Å². The van der Waals surface area contributed by atoms with Gasteiger partial charge in [-0.3, -0.25) is 9.97 Å². The van der Waals surface area contributed by atoms with Gasteiger partial charge in [0.25, 0.3) is 0 Å². The highest BCUT2D eigenvalue weighted by atomic mass is 15.0. The lowest BCUT2D eigenvalue weighted by Gasteiger charge is -2.36. The van der Waals surface area contributed by atoms with Crippen molar-refractivity contribution in [1.82, 2.24) is 20.6 Å². The third kappa shape index (κ3) is 3.36. The fourth-order valence-electron chi connectivity index (χ4n) is 3.72. The maximum atomic E-state index is 4.44. The number of aromatic nitrogens is 2. The Labute approximate surface area is 121 Å². The van der Waals surface area contributed by atoms with Crippen LogP contribution in [0.4, 0.5) is 0 Å². The average Bonchev–Trinajstić information content (AvgIpc) is 3.01. The number of hydrogen-bond donors (Lipinski definition) is 2. The number of hydrogen-bond acceptors (Lipinski definition) is 4. The summed E-state index contributed by atoms with van der Waals surface area (Å²) >= 11 is 0. The molecule has 0 aromatic carbocycles. The van der Waals surface area contributed by atoms with E-state index in [0.717, 1.165) is 29.9 Å². The third-order valence-corrected chi connectivity index (χ3v) is 4.81. The Kier molecular flexibility index (Phi) is 4.63. The molecular weight excluding hydrogens is 248 g/mol. The predicted octanol–water partition coefficient (Wildman–Crippen LogP) is 2.19. The molecule has 0 amide bonds. The first-order valence-electron chi connectivity index (χ1n) is 8.07. The van der Waals surface area contributed by atoms with Crippen molar-refractivity contribution in [2.75, 3.05) is 6.54 Å². The van der Waals surface area contributed by atoms with Gasteiger partial charge in [0.05, 0.1) is 11.4 Å². The number of nitrogens with one attached hydrogen (secondary N) is 2. The maximum Gasteiger partial charge on any atom is 0.0724 e. The van der Waals surface area contributed by atoms with E-state index in [2.05, 4.69) is 20.6 Å². The molecule has 1 saturated heterocycles. The molecule has 2 heterocycles. The summed E-state index contributed by atoms with van der Waals surface area (Å²) in [7, 11) is 0. The van der Waals surface area contributed by atoms with E-state index < -0.39 is 0 Å². The van der Waals surface area contributed by atoms with E-state index in [1.807, 2.05) is 19.3 Å². The van der Waals surface area contributed by atoms with Crippen molar-refractivity contribution < 1.29 is 0 Å². The van der Waals surface area contributed by atoms with Crippen molar-refractivity contribution in [2.45, 2.75) is 64.1 Å². The highest BCUT2D eigenvalue weighted by Gasteiger charge is 2.32. The third-order valence-electron chi connectivity index (χ3n) is 4.81. The molecule has 0 bridgehead atoms. The SMILES string of the molecule is Cc1cnc(CNC2CCCCC2C2CCCN2)cn1. The lowest BCUT2D eigenvalue weighted by Crippen LogP contribution is -2.46. The van der Waals surface area contributed by atoms with Crippen molar-refractivity contribution >= 4 is 0 Å². The quantitative estimate of drug-likeness (QED) is 0.883. The zero-order valence-corrected chi connectivity index (χ0v) is 12.4. The molecule has 2 aliphatic rings. The molecule has 2 N–H and O–H groups in total. The second kappa shape index (κ2) is 6.64. The first-order valence-corrected chi connectivity index (χ1v) is 8.07. The van der Waals surface area contributed by atoms with Gasteiger partial charge in [0.1, 0.15) is 0 Å². The molecule has 110 valence electrons. The molecule has 0 spiro atoms. The molecule has 1 aromatic rings. The lowest BCUT2D eigenvalue weighted by atomic mass is 9.79. The molecule has 20 heavy (non-hydrogen) atoms. The highest BCUT2D eigenvalue weighted by molar-refractivity contribution is 5.01. The number of aryl methyl sites for hydroxylation is 1. The van der Waals surface area contributed by atoms with Crippen molar-refractivity contribution in [3.63, 3.8) is 0 Å². The van der Waals surface area contributed by atoms with Crippen molar-refractivity contribution in [3.05, 3.63) is 23.8 Å². The van der Waals surface area contributed by atoms with Crippen LogP contribution < -0.4 is 10.6 Å². The van der Waals surface area contributed by atoms with Gasteiger partial charge in [-0.1, -0.05) is 12.8 Å². The van der Waals surface area contributed by atoms with E-state index in [1.165, 1.54) is 45.1 Å². The maximum absolute atomic E-state index is 4.44. The van der Waals surface area contributed by atoms with Crippen molar-refractivity contribution in [2.24, 2.45) is 5.92 Å². The lowest BCUT2D eigenvalue weighted by molar-refractivity contribution is 0.213. The van der Waals surface area contributed by atoms with Gasteiger partial charge in [-0.15, -0.1) is 0 Å². The molecule has 1 aliphatic heterocycles. The summed E-state index contributed by atoms with van der Waals surface area (Å²) in [4.78, 5) is 8.77. The highest BCUT2D eigenvalue weighted by Crippen LogP contribution is 2.30. The van der Waals surface area contributed by atoms with Crippen LogP contribution >= 0.6 is 0 Å². The van der Waals surface area contributed by atoms with Gasteiger partial charge >= 0.3 is 0 Å². The van der Waals surface area contributed by atoms with Crippen molar-refractivity contribution in [1.29, 1.82) is 0 Å². The second-order valence-corrected chi connectivity index (χ2v) is 6.29. The summed E-state index contributed by atoms with van der Waals surface area (Å²) in [6.45, 7) is 4.03. The van der Waals surface area contributed by atoms with Crippen LogP contribution in [-0.2, 0) is 6.54 Å². The molecule has 3 atom stereocenters. The first-order chi connectivity index (χ1) is 9.83. The van der Waals surface area contributed by atoms with E-state index in [4.69, 9.17) is 0 Å². The van der Waals surface area contributed by atoms with Gasteiger partial charge in [-0.25, -0.2) is 0 Å². The Morgan fingerprint density at radius 2 is 2.05 bits per heavy atom. The monoisotopic (exact) mass is 274 g/mol. The second-order valence-electron chi connectivity index (χ2n) is 6.29. The molecule has 1 aromatic heterocycles. The summed E-state index contributed by atoms with van der Waals surface area (Å²) in [6, 6.07) is 1.37. The van der Waals surface area contributed by atoms with Gasteiger partial charge < -0.3 is 10.6 Å². The molecule has 2 fully saturated rings. The minimum absolute atomic E-state index is 0.641. The van der Waals surface area contributed by atoms with E-state index in [-0.39, 0.29) is 0 Å². The molecule has 0 radical (unpaired) electrons. The van der Waals surface area contributed by atoms with Crippen LogP contribution in [-0.4, -0.2) is 28.6 Å². The molecule has 1 aliphatic carbocycles. The van der Waals surface area contributed by atoms with E-state index >= 15 is 0 Å². The Morgan fingerprint density at radius 3 is 2.80 bits per heavy atom. The zero-order valence-electron chi connectivity index (χ0n) is 12.4. The van der Waals surface area contributed by atoms with Gasteiger partial charge in [0.15, 0.2) is 0 Å². The van der Waals surface area contributed by atoms with Gasteiger partial charge in [0.2, 0.25) is 0 Å². The van der Waals surface area contributed by atoms with Crippen molar-refractivity contribution in [3.8, 4) is 0 Å². The normalized spacial score (nSPS) is 30.6. The van der Waals surface area contributed by atoms with Crippen LogP contribution in [0, 0.1) is 12.8 Å². The van der Waals surface area contributed by atoms with E-state index in [1.54, 1.807) is 0 Å². The number of nitrogens with zero attached hydrogens (tertiary/aromatic N) is 2. The van der Waals surface area contributed by atoms with Gasteiger partial charge in [-0.2, -0.15) is 0 Å². The zero-order chi connectivity index (χ0) is 13.8. The standard InChI is InChI=1S/C16H26N4/c1-12-9-19-13(10-18-12)11-20-16-6-3-2-5-14(16)15-7-4-8-17-15/h9-10,14-17,20H,2-8,11H2,1H3. The fourth-order valence-corrected chi connectivity index (χ4v) is 3.72. The van der Waals surface area contributed by atoms with E-state index in [0.29, 0.717) is 6.04 Å². The molecule has 3 unspecified atom stereocenters. The van der Waals surface area contributed by atoms with Crippen LogP contribution in [0.3, 0.4) is 0 Å². The Balaban J connectivity index is 1.57. The number of rotatable bonds is 4. The first kappa shape index (κ1) is 14.0. The van der Waals surface area contributed by atoms with Crippen LogP contribution in [0.25, 0.3) is 0 Å². The molecular formula is C16H26N4. The Bertz CT molecular complexity index is 411. The summed E-state index contributed by atoms with van der Waals surface area (Å²) in [6.07, 6.45) is 11.9. The Morgan fingerprint density at radius 1 is 1.15 bits per heavy atom. The fraction of sp³-hybridized carbons (Fsp3) is 0.750. The smallest absolute Gasteiger partial charge is 0.0724 e. The molecule has 4 nitrogen and oxygen atoms in total. The summed E-state index contributed by atoms with van der Waals surface area (Å²) < 4.78 is 0. The molecule has 1 saturated carbocycles. The molecule has 3 rings (SSSR count). The van der Waals surface area contributed by atoms with Crippen LogP contribution in [0.1, 0.15) is 49.9 Å². The van der Waals surface area contributed by atoms with Crippen LogP contribution in [0.15, 0.2) is 12.4 Å². The largest absolute Gasteiger partial charge is 0.314 e. The van der Waals surface area contributed by atoms with E-state index in [9.17, 15) is 0 Å². The topological polar surface area (TPSA) is 49.8 Å². The summed E-state index contributed by atoms with van der Waals surface area (Å²) in [5.41, 5.74) is 2.04. The van der Waals surface area contributed by atoms with Gasteiger partial charge in [0, 0.05) is 31.0 Å². The summed E-state index contributed by atoms with van der Waals surface area (Å²) in [5.74, 6) is 0.796. The predicted molar refractivity (Wildman–Crippen MR) is 80.4 cm³/mol. The van der Waals surface area contributed by atoms with Gasteiger partial charge in [-0.05, 0) is 45.1 Å². The molecule has 4 heteroatoms. The minimum Gasteiger partial charge on any atom is -0.314 e. The Hall–Kier alpha value is -1.00.